The largest absolute Gasteiger partial charge is 0.421 e. The first-order valence-electron chi connectivity index (χ1n) is 5.73. The summed E-state index contributed by atoms with van der Waals surface area (Å²) in [7, 11) is 0. The van der Waals surface area contributed by atoms with Crippen LogP contribution in [0.1, 0.15) is 12.5 Å². The van der Waals surface area contributed by atoms with Crippen molar-refractivity contribution in [3.63, 3.8) is 0 Å². The van der Waals surface area contributed by atoms with E-state index in [1.165, 1.54) is 36.4 Å². The zero-order valence-electron chi connectivity index (χ0n) is 10.4. The van der Waals surface area contributed by atoms with Gasteiger partial charge in [0.25, 0.3) is 0 Å². The van der Waals surface area contributed by atoms with E-state index in [0.717, 1.165) is 6.20 Å². The van der Waals surface area contributed by atoms with Gasteiger partial charge in [0.1, 0.15) is 5.82 Å². The summed E-state index contributed by atoms with van der Waals surface area (Å²) in [6.07, 6.45) is -3.74. The Morgan fingerprint density at radius 2 is 1.60 bits per heavy atom. The van der Waals surface area contributed by atoms with Gasteiger partial charge in [-0.1, -0.05) is 24.3 Å². The molecule has 2 nitrogen and oxygen atoms in total. The Kier molecular flexibility index (Phi) is 3.52. The molecule has 0 aliphatic rings. The average molecular weight is 285 g/mol. The number of nitrogens with zero attached hydrogens (tertiary/aromatic N) is 1. The standard InChI is InChI=1S/C14H11F4NO/c1-13(20,14(16,17)18)10-4-2-9(3-5-10)12-7-6-11(15)8-19-12/h2-8,20H,1H3. The van der Waals surface area contributed by atoms with Gasteiger partial charge in [-0.2, -0.15) is 13.2 Å². The van der Waals surface area contributed by atoms with Crippen LogP contribution < -0.4 is 0 Å². The minimum absolute atomic E-state index is 0.268. The smallest absolute Gasteiger partial charge is 0.376 e. The number of pyridine rings is 1. The Hall–Kier alpha value is -1.95. The molecule has 6 heteroatoms. The van der Waals surface area contributed by atoms with Crippen molar-refractivity contribution in [3.05, 3.63) is 54.0 Å². The molecular formula is C14H11F4NO. The van der Waals surface area contributed by atoms with Crippen LogP contribution in [0.2, 0.25) is 0 Å². The second kappa shape index (κ2) is 4.86. The van der Waals surface area contributed by atoms with Crippen molar-refractivity contribution in [3.8, 4) is 11.3 Å². The van der Waals surface area contributed by atoms with E-state index in [0.29, 0.717) is 18.2 Å². The van der Waals surface area contributed by atoms with Crippen molar-refractivity contribution in [2.45, 2.75) is 18.7 Å². The molecule has 0 saturated carbocycles. The van der Waals surface area contributed by atoms with Gasteiger partial charge < -0.3 is 5.11 Å². The Morgan fingerprint density at radius 3 is 2.05 bits per heavy atom. The Morgan fingerprint density at radius 1 is 1.00 bits per heavy atom. The molecule has 0 aliphatic carbocycles. The third-order valence-corrected chi connectivity index (χ3v) is 3.02. The highest BCUT2D eigenvalue weighted by Crippen LogP contribution is 2.38. The van der Waals surface area contributed by atoms with E-state index in [1.54, 1.807) is 0 Å². The molecule has 1 unspecified atom stereocenters. The zero-order chi connectivity index (χ0) is 15.0. The van der Waals surface area contributed by atoms with Gasteiger partial charge in [0, 0.05) is 5.56 Å². The van der Waals surface area contributed by atoms with Gasteiger partial charge in [0.15, 0.2) is 5.60 Å². The fraction of sp³-hybridized carbons (Fsp3) is 0.214. The molecule has 0 fully saturated rings. The highest BCUT2D eigenvalue weighted by Gasteiger charge is 2.51. The number of aliphatic hydroxyl groups is 1. The van der Waals surface area contributed by atoms with Crippen molar-refractivity contribution in [1.82, 2.24) is 4.98 Å². The zero-order valence-corrected chi connectivity index (χ0v) is 10.4. The van der Waals surface area contributed by atoms with Crippen LogP contribution in [-0.2, 0) is 5.60 Å². The SMILES string of the molecule is CC(O)(c1ccc(-c2ccc(F)cn2)cc1)C(F)(F)F. The summed E-state index contributed by atoms with van der Waals surface area (Å²) in [5.41, 5.74) is -2.21. The number of hydrogen-bond donors (Lipinski definition) is 1. The second-order valence-electron chi connectivity index (χ2n) is 4.51. The quantitative estimate of drug-likeness (QED) is 0.854. The predicted molar refractivity (Wildman–Crippen MR) is 65.3 cm³/mol. The summed E-state index contributed by atoms with van der Waals surface area (Å²) >= 11 is 0. The third kappa shape index (κ3) is 2.65. The van der Waals surface area contributed by atoms with Crippen LogP contribution in [0.15, 0.2) is 42.6 Å². The number of aromatic nitrogens is 1. The molecule has 0 bridgehead atoms. The minimum Gasteiger partial charge on any atom is -0.376 e. The summed E-state index contributed by atoms with van der Waals surface area (Å²) in [4.78, 5) is 3.83. The molecule has 0 aliphatic heterocycles. The number of hydrogen-bond acceptors (Lipinski definition) is 2. The molecule has 0 radical (unpaired) electrons. The number of alkyl halides is 3. The summed E-state index contributed by atoms with van der Waals surface area (Å²) in [6, 6.07) is 7.78. The van der Waals surface area contributed by atoms with E-state index in [9.17, 15) is 22.7 Å². The molecule has 1 heterocycles. The van der Waals surface area contributed by atoms with Gasteiger partial charge in [-0.3, -0.25) is 4.98 Å². The number of rotatable bonds is 2. The van der Waals surface area contributed by atoms with Crippen LogP contribution in [0.4, 0.5) is 17.6 Å². The summed E-state index contributed by atoms with van der Waals surface area (Å²) in [5.74, 6) is -0.495. The summed E-state index contributed by atoms with van der Waals surface area (Å²) in [6.45, 7) is 0.693. The lowest BCUT2D eigenvalue weighted by Crippen LogP contribution is -2.39. The van der Waals surface area contributed by atoms with E-state index < -0.39 is 17.6 Å². The molecule has 106 valence electrons. The minimum atomic E-state index is -4.76. The van der Waals surface area contributed by atoms with E-state index in [1.807, 2.05) is 0 Å². The highest BCUT2D eigenvalue weighted by molar-refractivity contribution is 5.59. The molecule has 1 aromatic carbocycles. The van der Waals surface area contributed by atoms with Crippen molar-refractivity contribution in [1.29, 1.82) is 0 Å². The number of benzene rings is 1. The molecule has 2 rings (SSSR count). The highest BCUT2D eigenvalue weighted by atomic mass is 19.4. The van der Waals surface area contributed by atoms with Crippen molar-refractivity contribution in [2.24, 2.45) is 0 Å². The van der Waals surface area contributed by atoms with Crippen LogP contribution >= 0.6 is 0 Å². The Balaban J connectivity index is 2.33. The van der Waals surface area contributed by atoms with Gasteiger partial charge in [0.05, 0.1) is 11.9 Å². The molecule has 1 atom stereocenters. The van der Waals surface area contributed by atoms with Crippen LogP contribution in [0.3, 0.4) is 0 Å². The molecular weight excluding hydrogens is 274 g/mol. The Labute approximate surface area is 112 Å². The van der Waals surface area contributed by atoms with Gasteiger partial charge in [-0.05, 0) is 24.6 Å². The van der Waals surface area contributed by atoms with Crippen LogP contribution in [0, 0.1) is 5.82 Å². The molecule has 2 aromatic rings. The fourth-order valence-electron chi connectivity index (χ4n) is 1.68. The third-order valence-electron chi connectivity index (χ3n) is 3.02. The lowest BCUT2D eigenvalue weighted by Gasteiger charge is -2.26. The fourth-order valence-corrected chi connectivity index (χ4v) is 1.68. The molecule has 20 heavy (non-hydrogen) atoms. The summed E-state index contributed by atoms with van der Waals surface area (Å²) < 4.78 is 50.8. The first-order valence-corrected chi connectivity index (χ1v) is 5.73. The molecule has 0 amide bonds. The van der Waals surface area contributed by atoms with Gasteiger partial charge in [-0.25, -0.2) is 4.39 Å². The van der Waals surface area contributed by atoms with Crippen LogP contribution in [-0.4, -0.2) is 16.3 Å². The molecule has 1 aromatic heterocycles. The number of halogens is 4. The maximum Gasteiger partial charge on any atom is 0.421 e. The van der Waals surface area contributed by atoms with Gasteiger partial charge >= 0.3 is 6.18 Å². The molecule has 1 N–H and O–H groups in total. The first-order chi connectivity index (χ1) is 9.22. The van der Waals surface area contributed by atoms with E-state index in [-0.39, 0.29) is 5.56 Å². The van der Waals surface area contributed by atoms with E-state index >= 15 is 0 Å². The summed E-state index contributed by atoms with van der Waals surface area (Å²) in [5, 5.41) is 9.53. The van der Waals surface area contributed by atoms with Crippen molar-refractivity contribution in [2.75, 3.05) is 0 Å². The van der Waals surface area contributed by atoms with Gasteiger partial charge in [-0.15, -0.1) is 0 Å². The molecule has 0 spiro atoms. The lowest BCUT2D eigenvalue weighted by molar-refractivity contribution is -0.258. The predicted octanol–water partition coefficient (Wildman–Crippen LogP) is 3.66. The first kappa shape index (κ1) is 14.5. The maximum atomic E-state index is 12.7. The maximum absolute atomic E-state index is 12.7. The average Bonchev–Trinajstić information content (AvgIpc) is 2.38. The lowest BCUT2D eigenvalue weighted by atomic mass is 9.94. The van der Waals surface area contributed by atoms with Crippen molar-refractivity contribution >= 4 is 0 Å². The second-order valence-corrected chi connectivity index (χ2v) is 4.51. The molecule has 0 saturated heterocycles. The normalized spacial score (nSPS) is 14.9. The monoisotopic (exact) mass is 285 g/mol. The van der Waals surface area contributed by atoms with Crippen LogP contribution in [0.5, 0.6) is 0 Å². The van der Waals surface area contributed by atoms with E-state index in [4.69, 9.17) is 0 Å². The van der Waals surface area contributed by atoms with Gasteiger partial charge in [0.2, 0.25) is 0 Å². The topological polar surface area (TPSA) is 33.1 Å². The van der Waals surface area contributed by atoms with Crippen molar-refractivity contribution < 1.29 is 22.7 Å². The van der Waals surface area contributed by atoms with Crippen LogP contribution in [0.25, 0.3) is 11.3 Å². The van der Waals surface area contributed by atoms with E-state index in [2.05, 4.69) is 4.98 Å². The Bertz CT molecular complexity index is 588.